The highest BCUT2D eigenvalue weighted by Crippen LogP contribution is 2.14. The molecule has 2 aromatic heterocycles. The van der Waals surface area contributed by atoms with Crippen LogP contribution in [0.3, 0.4) is 0 Å². The predicted molar refractivity (Wildman–Crippen MR) is 51.7 cm³/mol. The Kier molecular flexibility index (Phi) is 1.86. The molecule has 0 saturated carbocycles. The fourth-order valence-corrected chi connectivity index (χ4v) is 2.02. The first kappa shape index (κ1) is 7.47. The molecule has 15 heavy (non-hydrogen) atoms. The summed E-state index contributed by atoms with van der Waals surface area (Å²) in [6, 6.07) is 5.11. The van der Waals surface area contributed by atoms with Crippen LogP contribution in [-0.4, -0.2) is 23.6 Å². The Bertz CT molecular complexity index is 575. The quantitative estimate of drug-likeness (QED) is 0.749. The second kappa shape index (κ2) is 3.74. The molecule has 2 rings (SSSR count). The molecular weight excluding hydrogens is 214 g/mol. The van der Waals surface area contributed by atoms with Gasteiger partial charge in [0.05, 0.1) is 2.74 Å². The van der Waals surface area contributed by atoms with Gasteiger partial charge in [0.15, 0.2) is 10.1 Å². The van der Waals surface area contributed by atoms with Gasteiger partial charge in [-0.1, -0.05) is 6.07 Å². The van der Waals surface area contributed by atoms with Crippen LogP contribution in [0.25, 0.3) is 0 Å². The van der Waals surface area contributed by atoms with Crippen molar-refractivity contribution in [3.05, 3.63) is 42.7 Å². The van der Waals surface area contributed by atoms with Crippen molar-refractivity contribution < 1.29 is 11.2 Å². The molecule has 6 heteroatoms. The summed E-state index contributed by atoms with van der Waals surface area (Å²) in [5.41, 5.74) is 0. The molecule has 5 nitrogen and oxygen atoms in total. The van der Waals surface area contributed by atoms with Crippen LogP contribution >= 0.6 is 0 Å². The van der Waals surface area contributed by atoms with Gasteiger partial charge in [-0.05, 0) is 24.2 Å². The first-order valence-electron chi connectivity index (χ1n) is 4.98. The summed E-state index contributed by atoms with van der Waals surface area (Å²) >= 11 is 0. The van der Waals surface area contributed by atoms with Crippen molar-refractivity contribution in [1.29, 1.82) is 0 Å². The van der Waals surface area contributed by atoms with Crippen molar-refractivity contribution in [2.24, 2.45) is 0 Å². The fourth-order valence-electron chi connectivity index (χ4n) is 0.969. The van der Waals surface area contributed by atoms with E-state index in [-0.39, 0.29) is 22.3 Å². The monoisotopic (exact) mass is 223 g/mol. The Morgan fingerprint density at radius 3 is 2.60 bits per heavy atom. The summed E-state index contributed by atoms with van der Waals surface area (Å²) in [6.07, 6.45) is 1.03. The molecule has 0 aliphatic heterocycles. The van der Waals surface area contributed by atoms with Crippen LogP contribution in [0.15, 0.2) is 52.7 Å². The van der Waals surface area contributed by atoms with Gasteiger partial charge in [-0.25, -0.2) is 13.4 Å². The molecule has 0 bridgehead atoms. The first-order valence-corrected chi connectivity index (χ1v) is 5.46. The van der Waals surface area contributed by atoms with E-state index in [9.17, 15) is 8.42 Å². The highest BCUT2D eigenvalue weighted by atomic mass is 32.2. The molecule has 0 spiro atoms. The van der Waals surface area contributed by atoms with E-state index in [0.29, 0.717) is 0 Å². The normalized spacial score (nSPS) is 13.1. The van der Waals surface area contributed by atoms with E-state index >= 15 is 0 Å². The first-order chi connectivity index (χ1) is 8.00. The van der Waals surface area contributed by atoms with E-state index in [1.807, 2.05) is 0 Å². The zero-order chi connectivity index (χ0) is 12.5. The van der Waals surface area contributed by atoms with Gasteiger partial charge in [-0.15, -0.1) is 5.10 Å². The Morgan fingerprint density at radius 2 is 2.00 bits per heavy atom. The maximum atomic E-state index is 12.0. The maximum Gasteiger partial charge on any atom is 0.242 e. The smallest absolute Gasteiger partial charge is 0.242 e. The summed E-state index contributed by atoms with van der Waals surface area (Å²) in [5.74, 6) is 0. The topological polar surface area (TPSA) is 72.8 Å². The van der Waals surface area contributed by atoms with Crippen LogP contribution in [0.1, 0.15) is 2.74 Å². The molecule has 0 saturated heterocycles. The van der Waals surface area contributed by atoms with Crippen LogP contribution in [0, 0.1) is 0 Å². The number of rotatable bonds is 2. The molecule has 2 aromatic rings. The highest BCUT2D eigenvalue weighted by Gasteiger charge is 2.19. The SMILES string of the molecule is [2H]c1ccc(S(=O)(=O)c2ccc([2H])nn2)nc1. The van der Waals surface area contributed by atoms with Gasteiger partial charge < -0.3 is 0 Å². The number of sulfone groups is 1. The molecule has 0 atom stereocenters. The standard InChI is InChI=1S/C9H7N3O2S/c13-15(14,8-4-1-2-6-10-8)9-5-3-7-11-12-9/h1-7H/i2D,7D. The number of hydrogen-bond donors (Lipinski definition) is 0. The minimum Gasteiger partial charge on any atom is -0.244 e. The summed E-state index contributed by atoms with van der Waals surface area (Å²) in [5, 5.41) is 6.34. The molecule has 0 aliphatic rings. The molecule has 0 aliphatic carbocycles. The van der Waals surface area contributed by atoms with Gasteiger partial charge in [0.1, 0.15) is 0 Å². The van der Waals surface area contributed by atoms with Crippen molar-refractivity contribution in [1.82, 2.24) is 15.2 Å². The number of pyridine rings is 1. The molecule has 76 valence electrons. The zero-order valence-electron chi connectivity index (χ0n) is 9.45. The van der Waals surface area contributed by atoms with Crippen molar-refractivity contribution in [3.63, 3.8) is 0 Å². The van der Waals surface area contributed by atoms with Gasteiger partial charge in [0, 0.05) is 12.4 Å². The van der Waals surface area contributed by atoms with Crippen molar-refractivity contribution >= 4 is 9.84 Å². The Hall–Kier alpha value is -1.82. The lowest BCUT2D eigenvalue weighted by molar-refractivity contribution is 0.586. The number of aromatic nitrogens is 3. The second-order valence-corrected chi connectivity index (χ2v) is 4.44. The molecule has 2 heterocycles. The molecule has 0 unspecified atom stereocenters. The summed E-state index contributed by atoms with van der Waals surface area (Å²) in [4.78, 5) is 3.66. The van der Waals surface area contributed by atoms with Crippen molar-refractivity contribution in [2.75, 3.05) is 0 Å². The van der Waals surface area contributed by atoms with Crippen LogP contribution in [0.5, 0.6) is 0 Å². The molecule has 0 N–H and O–H groups in total. The second-order valence-electron chi connectivity index (χ2n) is 2.60. The van der Waals surface area contributed by atoms with Crippen LogP contribution in [0.4, 0.5) is 0 Å². The lowest BCUT2D eigenvalue weighted by Gasteiger charge is -2.00. The van der Waals surface area contributed by atoms with Gasteiger partial charge >= 0.3 is 0 Å². The minimum atomic E-state index is -3.82. The minimum absolute atomic E-state index is 0.113. The van der Waals surface area contributed by atoms with E-state index < -0.39 is 9.84 Å². The third kappa shape index (κ3) is 1.84. The Labute approximate surface area is 89.6 Å². The number of nitrogens with zero attached hydrogens (tertiary/aromatic N) is 3. The lowest BCUT2D eigenvalue weighted by atomic mass is 10.5. The van der Waals surface area contributed by atoms with E-state index in [4.69, 9.17) is 2.74 Å². The Balaban J connectivity index is 2.50. The van der Waals surface area contributed by atoms with Crippen LogP contribution in [0.2, 0.25) is 0 Å². The Morgan fingerprint density at radius 1 is 1.20 bits per heavy atom. The van der Waals surface area contributed by atoms with E-state index in [0.717, 1.165) is 6.20 Å². The van der Waals surface area contributed by atoms with Gasteiger partial charge in [0.2, 0.25) is 9.84 Å². The zero-order valence-corrected chi connectivity index (χ0v) is 8.27. The van der Waals surface area contributed by atoms with E-state index in [1.54, 1.807) is 0 Å². The molecule has 0 fully saturated rings. The molecule has 0 radical (unpaired) electrons. The van der Waals surface area contributed by atoms with Crippen LogP contribution < -0.4 is 0 Å². The third-order valence-electron chi connectivity index (χ3n) is 1.65. The van der Waals surface area contributed by atoms with Gasteiger partial charge in [-0.2, -0.15) is 5.10 Å². The highest BCUT2D eigenvalue weighted by molar-refractivity contribution is 7.91. The van der Waals surface area contributed by atoms with E-state index in [2.05, 4.69) is 15.2 Å². The van der Waals surface area contributed by atoms with Gasteiger partial charge in [-0.3, -0.25) is 0 Å². The average molecular weight is 223 g/mol. The van der Waals surface area contributed by atoms with Crippen LogP contribution in [-0.2, 0) is 9.84 Å². The van der Waals surface area contributed by atoms with Crippen molar-refractivity contribution in [3.8, 4) is 0 Å². The van der Waals surface area contributed by atoms with Gasteiger partial charge in [0.25, 0.3) is 0 Å². The largest absolute Gasteiger partial charge is 0.244 e. The summed E-state index contributed by atoms with van der Waals surface area (Å²) < 4.78 is 38.3. The summed E-state index contributed by atoms with van der Waals surface area (Å²) in [7, 11) is -3.82. The maximum absolute atomic E-state index is 12.0. The third-order valence-corrected chi connectivity index (χ3v) is 3.21. The average Bonchev–Trinajstić information content (AvgIpc) is 2.30. The fraction of sp³-hybridized carbons (Fsp3) is 0. The number of hydrogen-bond acceptors (Lipinski definition) is 5. The molecule has 0 amide bonds. The molecule has 0 aromatic carbocycles. The molecular formula is C9H7N3O2S. The van der Waals surface area contributed by atoms with E-state index in [1.165, 1.54) is 24.3 Å². The van der Waals surface area contributed by atoms with Crippen molar-refractivity contribution in [2.45, 2.75) is 10.1 Å². The summed E-state index contributed by atoms with van der Waals surface area (Å²) in [6.45, 7) is 0. The lowest BCUT2D eigenvalue weighted by Crippen LogP contribution is -2.06. The predicted octanol–water partition coefficient (Wildman–Crippen LogP) is 0.704.